The maximum absolute atomic E-state index is 12.2. The summed E-state index contributed by atoms with van der Waals surface area (Å²) in [6.07, 6.45) is 2.07. The van der Waals surface area contributed by atoms with Gasteiger partial charge in [-0.25, -0.2) is 13.1 Å². The zero-order valence-electron chi connectivity index (χ0n) is 14.1. The molecule has 10 heteroatoms. The number of carbonyl (C=O) groups excluding carboxylic acids is 1. The van der Waals surface area contributed by atoms with Crippen molar-refractivity contribution in [3.8, 4) is 0 Å². The molecule has 0 heterocycles. The fourth-order valence-electron chi connectivity index (χ4n) is 2.36. The van der Waals surface area contributed by atoms with Gasteiger partial charge in [0, 0.05) is 25.7 Å². The molecule has 0 aliphatic rings. The Bertz CT molecular complexity index is 693. The van der Waals surface area contributed by atoms with Crippen molar-refractivity contribution in [3.05, 3.63) is 34.4 Å². The van der Waals surface area contributed by atoms with E-state index in [1.54, 1.807) is 6.92 Å². The third-order valence-electron chi connectivity index (χ3n) is 3.66. The molecule has 0 aliphatic carbocycles. The van der Waals surface area contributed by atoms with Gasteiger partial charge in [-0.2, -0.15) is 0 Å². The number of sulfonamides is 1. The summed E-state index contributed by atoms with van der Waals surface area (Å²) in [7, 11) is -3.96. The number of Topliss-reactive ketones (excluding diaryl/α,β-unsaturated/α-hetero) is 1. The lowest BCUT2D eigenvalue weighted by Gasteiger charge is -2.15. The number of unbranched alkanes of at least 4 members (excludes halogenated alkanes) is 1. The quantitative estimate of drug-likeness (QED) is 0.214. The average Bonchev–Trinajstić information content (AvgIpc) is 2.59. The Morgan fingerprint density at radius 3 is 2.60 bits per heavy atom. The van der Waals surface area contributed by atoms with Crippen LogP contribution in [-0.2, 0) is 14.8 Å². The smallest absolute Gasteiger partial charge is 0.289 e. The van der Waals surface area contributed by atoms with Gasteiger partial charge in [-0.05, 0) is 18.9 Å². The van der Waals surface area contributed by atoms with Gasteiger partial charge >= 0.3 is 0 Å². The third kappa shape index (κ3) is 6.50. The van der Waals surface area contributed by atoms with E-state index in [0.29, 0.717) is 25.7 Å². The Morgan fingerprint density at radius 1 is 1.32 bits per heavy atom. The van der Waals surface area contributed by atoms with E-state index < -0.39 is 20.6 Å². The van der Waals surface area contributed by atoms with E-state index in [1.165, 1.54) is 18.2 Å². The lowest BCUT2D eigenvalue weighted by molar-refractivity contribution is -0.387. The van der Waals surface area contributed by atoms with Gasteiger partial charge < -0.3 is 5.73 Å². The third-order valence-corrected chi connectivity index (χ3v) is 5.17. The van der Waals surface area contributed by atoms with E-state index in [2.05, 4.69) is 10.0 Å². The molecule has 0 bridgehead atoms. The molecule has 140 valence electrons. The molecule has 0 saturated heterocycles. The molecule has 9 nitrogen and oxygen atoms in total. The number of nitro groups is 1. The van der Waals surface area contributed by atoms with Crippen molar-refractivity contribution in [2.75, 3.05) is 13.2 Å². The summed E-state index contributed by atoms with van der Waals surface area (Å²) in [6.45, 7) is 2.10. The van der Waals surface area contributed by atoms with Crippen molar-refractivity contribution >= 4 is 21.5 Å². The first-order chi connectivity index (χ1) is 11.8. The van der Waals surface area contributed by atoms with Gasteiger partial charge in [0.25, 0.3) is 5.69 Å². The number of nitrogens with one attached hydrogen (secondary N) is 2. The van der Waals surface area contributed by atoms with E-state index in [-0.39, 0.29) is 29.9 Å². The maximum Gasteiger partial charge on any atom is 0.289 e. The molecule has 0 aromatic heterocycles. The highest BCUT2D eigenvalue weighted by atomic mass is 32.2. The maximum atomic E-state index is 12.2. The van der Waals surface area contributed by atoms with Crippen LogP contribution >= 0.6 is 0 Å². The van der Waals surface area contributed by atoms with Gasteiger partial charge in [0.15, 0.2) is 4.90 Å². The molecule has 1 atom stereocenters. The van der Waals surface area contributed by atoms with E-state index in [4.69, 9.17) is 5.73 Å². The molecule has 0 amide bonds. The van der Waals surface area contributed by atoms with Gasteiger partial charge in [-0.1, -0.05) is 25.5 Å². The summed E-state index contributed by atoms with van der Waals surface area (Å²) in [6, 6.07) is 4.85. The number of carbonyl (C=O) groups is 1. The zero-order valence-corrected chi connectivity index (χ0v) is 14.9. The number of nitrogens with zero attached hydrogens (tertiary/aromatic N) is 1. The van der Waals surface area contributed by atoms with Crippen LogP contribution in [0.3, 0.4) is 0 Å². The number of nitro benzene ring substituents is 1. The Hall–Kier alpha value is -1.88. The largest absolute Gasteiger partial charge is 0.318 e. The molecule has 25 heavy (non-hydrogen) atoms. The van der Waals surface area contributed by atoms with Gasteiger partial charge in [-0.3, -0.25) is 20.2 Å². The average molecular weight is 372 g/mol. The van der Waals surface area contributed by atoms with Crippen LogP contribution in [0.5, 0.6) is 0 Å². The van der Waals surface area contributed by atoms with Crippen molar-refractivity contribution < 1.29 is 18.1 Å². The monoisotopic (exact) mass is 372 g/mol. The SMILES string of the molecule is CCC(=O)[C@H](CCCCNS(=O)(=O)c1ccccc1[N+](=O)[O-])NCN. The fraction of sp³-hybridized carbons (Fsp3) is 0.533. The van der Waals surface area contributed by atoms with Gasteiger partial charge in [-0.15, -0.1) is 0 Å². The van der Waals surface area contributed by atoms with Crippen LogP contribution in [-0.4, -0.2) is 38.4 Å². The van der Waals surface area contributed by atoms with Crippen molar-refractivity contribution in [1.29, 1.82) is 0 Å². The number of para-hydroxylation sites is 1. The number of ketones is 1. The Labute approximate surface area is 147 Å². The summed E-state index contributed by atoms with van der Waals surface area (Å²) in [5.41, 5.74) is 4.94. The normalized spacial score (nSPS) is 12.7. The van der Waals surface area contributed by atoms with Crippen LogP contribution in [0.2, 0.25) is 0 Å². The van der Waals surface area contributed by atoms with E-state index in [0.717, 1.165) is 6.07 Å². The van der Waals surface area contributed by atoms with E-state index in [9.17, 15) is 23.3 Å². The highest BCUT2D eigenvalue weighted by molar-refractivity contribution is 7.89. The van der Waals surface area contributed by atoms with Crippen molar-refractivity contribution in [2.45, 2.75) is 43.5 Å². The Morgan fingerprint density at radius 2 is 2.00 bits per heavy atom. The first-order valence-corrected chi connectivity index (χ1v) is 9.51. The van der Waals surface area contributed by atoms with E-state index in [1.807, 2.05) is 0 Å². The second kappa shape index (κ2) is 10.2. The molecule has 1 rings (SSSR count). The zero-order chi connectivity index (χ0) is 18.9. The number of hydrogen-bond donors (Lipinski definition) is 3. The molecule has 0 radical (unpaired) electrons. The van der Waals surface area contributed by atoms with Crippen LogP contribution in [0.1, 0.15) is 32.6 Å². The summed E-state index contributed by atoms with van der Waals surface area (Å²) in [4.78, 5) is 21.6. The predicted molar refractivity (Wildman–Crippen MR) is 93.4 cm³/mol. The first-order valence-electron chi connectivity index (χ1n) is 8.02. The van der Waals surface area contributed by atoms with Crippen molar-refractivity contribution in [1.82, 2.24) is 10.0 Å². The second-order valence-electron chi connectivity index (χ2n) is 5.40. The molecule has 0 unspecified atom stereocenters. The lowest BCUT2D eigenvalue weighted by atomic mass is 10.0. The molecule has 4 N–H and O–H groups in total. The number of hydrogen-bond acceptors (Lipinski definition) is 7. The molecule has 1 aromatic carbocycles. The van der Waals surface area contributed by atoms with Crippen LogP contribution in [0.4, 0.5) is 5.69 Å². The molecule has 0 saturated carbocycles. The minimum Gasteiger partial charge on any atom is -0.318 e. The van der Waals surface area contributed by atoms with Crippen LogP contribution in [0.15, 0.2) is 29.2 Å². The summed E-state index contributed by atoms with van der Waals surface area (Å²) < 4.78 is 26.8. The molecule has 0 fully saturated rings. The van der Waals surface area contributed by atoms with Crippen LogP contribution < -0.4 is 15.8 Å². The summed E-state index contributed by atoms with van der Waals surface area (Å²) >= 11 is 0. The number of nitrogens with two attached hydrogens (primary N) is 1. The Balaban J connectivity index is 2.55. The summed E-state index contributed by atoms with van der Waals surface area (Å²) in [5, 5.41) is 13.8. The van der Waals surface area contributed by atoms with Gasteiger partial charge in [0.2, 0.25) is 10.0 Å². The van der Waals surface area contributed by atoms with Crippen LogP contribution in [0.25, 0.3) is 0 Å². The topological polar surface area (TPSA) is 144 Å². The predicted octanol–water partition coefficient (Wildman–Crippen LogP) is 0.897. The van der Waals surface area contributed by atoms with Crippen LogP contribution in [0, 0.1) is 10.1 Å². The first kappa shape index (κ1) is 21.2. The fourth-order valence-corrected chi connectivity index (χ4v) is 3.60. The van der Waals surface area contributed by atoms with Gasteiger partial charge in [0.1, 0.15) is 5.78 Å². The molecular weight excluding hydrogens is 348 g/mol. The highest BCUT2D eigenvalue weighted by Crippen LogP contribution is 2.22. The molecular formula is C15H24N4O5S. The van der Waals surface area contributed by atoms with Crippen molar-refractivity contribution in [2.24, 2.45) is 5.73 Å². The number of benzene rings is 1. The lowest BCUT2D eigenvalue weighted by Crippen LogP contribution is -2.39. The van der Waals surface area contributed by atoms with E-state index >= 15 is 0 Å². The molecule has 0 spiro atoms. The summed E-state index contributed by atoms with van der Waals surface area (Å²) in [5.74, 6) is 0.0611. The van der Waals surface area contributed by atoms with Gasteiger partial charge in [0.05, 0.1) is 11.0 Å². The highest BCUT2D eigenvalue weighted by Gasteiger charge is 2.24. The molecule has 1 aromatic rings. The van der Waals surface area contributed by atoms with Crippen molar-refractivity contribution in [3.63, 3.8) is 0 Å². The minimum absolute atomic E-state index is 0.0611. The number of rotatable bonds is 12. The second-order valence-corrected chi connectivity index (χ2v) is 7.13. The standard InChI is InChI=1S/C15H24N4O5S/c1-2-14(20)12(17-11-16)7-5-6-10-18-25(23,24)15-9-4-3-8-13(15)19(21)22/h3-4,8-9,12,17-18H,2,5-7,10-11,16H2,1H3/t12-/m0/s1. The minimum atomic E-state index is -3.96. The molecule has 0 aliphatic heterocycles. The Kier molecular flexibility index (Phi) is 8.62.